The van der Waals surface area contributed by atoms with Crippen LogP contribution in [0.3, 0.4) is 0 Å². The van der Waals surface area contributed by atoms with Gasteiger partial charge in [-0.05, 0) is 30.7 Å². The van der Waals surface area contributed by atoms with Gasteiger partial charge in [-0.15, -0.1) is 0 Å². The number of nitrogens with zero attached hydrogens (tertiary/aromatic N) is 1. The van der Waals surface area contributed by atoms with E-state index in [9.17, 15) is 9.65 Å². The van der Waals surface area contributed by atoms with Crippen LogP contribution >= 0.6 is 0 Å². The summed E-state index contributed by atoms with van der Waals surface area (Å²) in [5, 5.41) is 9.46. The van der Waals surface area contributed by atoms with Crippen LogP contribution in [-0.2, 0) is 6.61 Å². The summed E-state index contributed by atoms with van der Waals surface area (Å²) in [6, 6.07) is 23.9. The van der Waals surface area contributed by atoms with Gasteiger partial charge in [0.25, 0.3) is 0 Å². The average molecular weight is 343 g/mol. The first-order chi connectivity index (χ1) is 12.7. The second-order valence-electron chi connectivity index (χ2n) is 5.96. The van der Waals surface area contributed by atoms with E-state index in [0.29, 0.717) is 12.4 Å². The van der Waals surface area contributed by atoms with Crippen molar-refractivity contribution in [1.82, 2.24) is 0 Å². The molecule has 3 aromatic rings. The third-order valence-electron chi connectivity index (χ3n) is 4.02. The number of hydrogen-bond donors (Lipinski definition) is 0. The molecule has 0 aromatic heterocycles. The van der Waals surface area contributed by atoms with Gasteiger partial charge in [0.2, 0.25) is 0 Å². The number of rotatable bonds is 5. The highest BCUT2D eigenvalue weighted by atomic mass is 19.1. The topological polar surface area (TPSA) is 33.0 Å². The Kier molecular flexibility index (Phi) is 5.46. The van der Waals surface area contributed by atoms with Crippen LogP contribution in [0.25, 0.3) is 11.6 Å². The van der Waals surface area contributed by atoms with Gasteiger partial charge < -0.3 is 4.74 Å². The minimum absolute atomic E-state index is 0.259. The van der Waals surface area contributed by atoms with Crippen LogP contribution in [0.1, 0.15) is 22.3 Å². The summed E-state index contributed by atoms with van der Waals surface area (Å²) in [6.07, 6.45) is 1.66. The van der Waals surface area contributed by atoms with Crippen molar-refractivity contribution in [2.75, 3.05) is 0 Å². The molecule has 0 radical (unpaired) electrons. The van der Waals surface area contributed by atoms with E-state index in [-0.39, 0.29) is 11.1 Å². The second-order valence-corrected chi connectivity index (χ2v) is 5.96. The Hall–Kier alpha value is -3.38. The van der Waals surface area contributed by atoms with Gasteiger partial charge in [-0.25, -0.2) is 4.39 Å². The molecular formula is C23H18FNO. The largest absolute Gasteiger partial charge is 0.488 e. The van der Waals surface area contributed by atoms with Crippen LogP contribution in [0.2, 0.25) is 0 Å². The molecule has 2 nitrogen and oxygen atoms in total. The van der Waals surface area contributed by atoms with Crippen LogP contribution in [0.4, 0.5) is 4.39 Å². The van der Waals surface area contributed by atoms with E-state index in [1.807, 2.05) is 55.5 Å². The number of ether oxygens (including phenoxy) is 1. The van der Waals surface area contributed by atoms with Gasteiger partial charge in [0, 0.05) is 11.1 Å². The molecular weight excluding hydrogens is 325 g/mol. The van der Waals surface area contributed by atoms with Crippen molar-refractivity contribution in [3.63, 3.8) is 0 Å². The fourth-order valence-corrected chi connectivity index (χ4v) is 2.58. The first kappa shape index (κ1) is 17.4. The van der Waals surface area contributed by atoms with Crippen LogP contribution in [-0.4, -0.2) is 0 Å². The number of halogens is 1. The molecule has 0 aliphatic heterocycles. The SMILES string of the molecule is Cc1ccc(COc2ccccc2/C=C(/C#N)c2ccccc2F)cc1. The van der Waals surface area contributed by atoms with Gasteiger partial charge >= 0.3 is 0 Å². The number of para-hydroxylation sites is 1. The highest BCUT2D eigenvalue weighted by molar-refractivity contribution is 5.90. The fourth-order valence-electron chi connectivity index (χ4n) is 2.58. The van der Waals surface area contributed by atoms with Crippen molar-refractivity contribution in [3.8, 4) is 11.8 Å². The summed E-state index contributed by atoms with van der Waals surface area (Å²) in [5.41, 5.74) is 3.53. The normalized spacial score (nSPS) is 11.0. The lowest BCUT2D eigenvalue weighted by Crippen LogP contribution is -1.97. The van der Waals surface area contributed by atoms with E-state index in [1.54, 1.807) is 24.3 Å². The predicted molar refractivity (Wildman–Crippen MR) is 102 cm³/mol. The lowest BCUT2D eigenvalue weighted by molar-refractivity contribution is 0.305. The molecule has 26 heavy (non-hydrogen) atoms. The molecule has 0 bridgehead atoms. The molecule has 0 amide bonds. The molecule has 0 heterocycles. The molecule has 0 unspecified atom stereocenters. The van der Waals surface area contributed by atoms with E-state index in [4.69, 9.17) is 4.74 Å². The van der Waals surface area contributed by atoms with E-state index >= 15 is 0 Å². The van der Waals surface area contributed by atoms with Gasteiger partial charge in [0.15, 0.2) is 0 Å². The average Bonchev–Trinajstić information content (AvgIpc) is 2.67. The lowest BCUT2D eigenvalue weighted by Gasteiger charge is -2.10. The van der Waals surface area contributed by atoms with Gasteiger partial charge in [-0.3, -0.25) is 0 Å². The van der Waals surface area contributed by atoms with Crippen molar-refractivity contribution in [3.05, 3.63) is 101 Å². The zero-order valence-electron chi connectivity index (χ0n) is 14.4. The number of nitriles is 1. The molecule has 0 atom stereocenters. The summed E-state index contributed by atoms with van der Waals surface area (Å²) >= 11 is 0. The summed E-state index contributed by atoms with van der Waals surface area (Å²) < 4.78 is 19.9. The third-order valence-corrected chi connectivity index (χ3v) is 4.02. The van der Waals surface area contributed by atoms with Crippen LogP contribution in [0.15, 0.2) is 72.8 Å². The molecule has 3 rings (SSSR count). The minimum atomic E-state index is -0.418. The molecule has 0 aliphatic rings. The number of allylic oxidation sites excluding steroid dienone is 1. The highest BCUT2D eigenvalue weighted by Crippen LogP contribution is 2.26. The van der Waals surface area contributed by atoms with E-state index in [2.05, 4.69) is 6.07 Å². The summed E-state index contributed by atoms with van der Waals surface area (Å²) in [4.78, 5) is 0. The smallest absolute Gasteiger partial charge is 0.131 e. The highest BCUT2D eigenvalue weighted by Gasteiger charge is 2.09. The molecule has 0 aliphatic carbocycles. The summed E-state index contributed by atoms with van der Waals surface area (Å²) in [7, 11) is 0. The Morgan fingerprint density at radius 2 is 1.69 bits per heavy atom. The first-order valence-corrected chi connectivity index (χ1v) is 8.31. The summed E-state index contributed by atoms with van der Waals surface area (Å²) in [6.45, 7) is 2.46. The molecule has 128 valence electrons. The van der Waals surface area contributed by atoms with E-state index in [1.165, 1.54) is 11.6 Å². The van der Waals surface area contributed by atoms with Gasteiger partial charge in [0.1, 0.15) is 18.2 Å². The lowest BCUT2D eigenvalue weighted by atomic mass is 10.0. The van der Waals surface area contributed by atoms with Crippen molar-refractivity contribution >= 4 is 11.6 Å². The standard InChI is InChI=1S/C23H18FNO/c1-17-10-12-18(13-11-17)16-26-23-9-5-2-6-19(23)14-20(15-25)21-7-3-4-8-22(21)24/h2-14H,16H2,1H3/b20-14-. The van der Waals surface area contributed by atoms with E-state index < -0.39 is 5.82 Å². The molecule has 0 saturated heterocycles. The minimum Gasteiger partial charge on any atom is -0.488 e. The molecule has 3 aromatic carbocycles. The Morgan fingerprint density at radius 1 is 1.00 bits per heavy atom. The molecule has 0 fully saturated rings. The van der Waals surface area contributed by atoms with Crippen molar-refractivity contribution < 1.29 is 9.13 Å². The van der Waals surface area contributed by atoms with Crippen LogP contribution in [0, 0.1) is 24.1 Å². The van der Waals surface area contributed by atoms with Gasteiger partial charge in [-0.1, -0.05) is 66.2 Å². The summed E-state index contributed by atoms with van der Waals surface area (Å²) in [5.74, 6) is 0.232. The van der Waals surface area contributed by atoms with Crippen molar-refractivity contribution in [2.45, 2.75) is 13.5 Å². The Balaban J connectivity index is 1.87. The number of benzene rings is 3. The number of aryl methyl sites for hydroxylation is 1. The van der Waals surface area contributed by atoms with Crippen molar-refractivity contribution in [1.29, 1.82) is 5.26 Å². The zero-order valence-corrected chi connectivity index (χ0v) is 14.4. The number of hydrogen-bond acceptors (Lipinski definition) is 2. The van der Waals surface area contributed by atoms with Crippen LogP contribution < -0.4 is 4.74 Å². The third kappa shape index (κ3) is 4.17. The maximum absolute atomic E-state index is 14.0. The van der Waals surface area contributed by atoms with Crippen molar-refractivity contribution in [2.24, 2.45) is 0 Å². The van der Waals surface area contributed by atoms with Gasteiger partial charge in [0.05, 0.1) is 11.6 Å². The Labute approximate surface area is 152 Å². The molecule has 3 heteroatoms. The van der Waals surface area contributed by atoms with Crippen LogP contribution in [0.5, 0.6) is 5.75 Å². The monoisotopic (exact) mass is 343 g/mol. The predicted octanol–water partition coefficient (Wildman–Crippen LogP) is 5.78. The fraction of sp³-hybridized carbons (Fsp3) is 0.0870. The quantitative estimate of drug-likeness (QED) is 0.435. The molecule has 0 saturated carbocycles. The van der Waals surface area contributed by atoms with Gasteiger partial charge in [-0.2, -0.15) is 5.26 Å². The maximum atomic E-state index is 14.0. The second kappa shape index (κ2) is 8.13. The zero-order chi connectivity index (χ0) is 18.4. The Bertz CT molecular complexity index is 968. The molecule has 0 N–H and O–H groups in total. The maximum Gasteiger partial charge on any atom is 0.131 e. The molecule has 0 spiro atoms. The first-order valence-electron chi connectivity index (χ1n) is 8.31. The Morgan fingerprint density at radius 3 is 2.42 bits per heavy atom. The van der Waals surface area contributed by atoms with E-state index in [0.717, 1.165) is 11.1 Å².